The van der Waals surface area contributed by atoms with Crippen LogP contribution in [0.5, 0.6) is 0 Å². The van der Waals surface area contributed by atoms with Crippen molar-refractivity contribution in [2.75, 3.05) is 18.0 Å². The molecule has 2 aliphatic rings. The van der Waals surface area contributed by atoms with Gasteiger partial charge in [-0.25, -0.2) is 4.79 Å². The molecule has 3 rings (SSSR count). The number of halogens is 1. The van der Waals surface area contributed by atoms with E-state index in [2.05, 4.69) is 10.6 Å². The van der Waals surface area contributed by atoms with Crippen LogP contribution in [0.2, 0.25) is 5.02 Å². The predicted molar refractivity (Wildman–Crippen MR) is 92.3 cm³/mol. The second-order valence-corrected chi connectivity index (χ2v) is 6.81. The zero-order valence-corrected chi connectivity index (χ0v) is 14.0. The van der Waals surface area contributed by atoms with Gasteiger partial charge < -0.3 is 10.4 Å². The van der Waals surface area contributed by atoms with Gasteiger partial charge in [-0.15, -0.1) is 0 Å². The van der Waals surface area contributed by atoms with E-state index >= 15 is 0 Å². The smallest absolute Gasteiger partial charge is 0.412 e. The number of hydrogen-bond donors (Lipinski definition) is 3. The lowest BCUT2D eigenvalue weighted by Gasteiger charge is -2.27. The normalized spacial score (nSPS) is 22.0. The molecule has 2 heterocycles. The Kier molecular flexibility index (Phi) is 4.79. The first-order chi connectivity index (χ1) is 11.5. The van der Waals surface area contributed by atoms with E-state index in [0.29, 0.717) is 29.2 Å². The second kappa shape index (κ2) is 6.84. The van der Waals surface area contributed by atoms with E-state index in [1.54, 1.807) is 18.2 Å². The predicted octanol–water partition coefficient (Wildman–Crippen LogP) is 2.51. The van der Waals surface area contributed by atoms with E-state index in [0.717, 1.165) is 18.3 Å². The zero-order chi connectivity index (χ0) is 17.3. The molecule has 2 fully saturated rings. The fourth-order valence-electron chi connectivity index (χ4n) is 2.73. The molecule has 24 heavy (non-hydrogen) atoms. The summed E-state index contributed by atoms with van der Waals surface area (Å²) in [6.07, 6.45) is 1.10. The lowest BCUT2D eigenvalue weighted by atomic mass is 10.1. The molecule has 1 unspecified atom stereocenters. The standard InChI is InChI=1S/C15H14ClN3O4S/c16-9-2-1-8(5-12-13(20)18-14(21)24-12)11(6-9)19(15(22)23)10-3-4-17-7-10/h1-2,5-6,10,17H,3-4,7H2,(H,22,23)(H,18,20,21)/b12-5+. The van der Waals surface area contributed by atoms with Crippen LogP contribution >= 0.6 is 23.4 Å². The minimum atomic E-state index is -1.09. The summed E-state index contributed by atoms with van der Waals surface area (Å²) in [4.78, 5) is 36.3. The van der Waals surface area contributed by atoms with Crippen LogP contribution in [0.25, 0.3) is 6.08 Å². The highest BCUT2D eigenvalue weighted by atomic mass is 35.5. The van der Waals surface area contributed by atoms with Gasteiger partial charge in [0.25, 0.3) is 11.1 Å². The number of nitrogens with zero attached hydrogens (tertiary/aromatic N) is 1. The quantitative estimate of drug-likeness (QED) is 0.710. The number of imide groups is 1. The van der Waals surface area contributed by atoms with E-state index in [4.69, 9.17) is 11.6 Å². The third-order valence-electron chi connectivity index (χ3n) is 3.79. The summed E-state index contributed by atoms with van der Waals surface area (Å²) in [5, 5.41) is 14.9. The maximum Gasteiger partial charge on any atom is 0.412 e. The molecule has 2 aliphatic heterocycles. The number of amides is 3. The van der Waals surface area contributed by atoms with E-state index in [-0.39, 0.29) is 10.9 Å². The monoisotopic (exact) mass is 367 g/mol. The number of carboxylic acid groups (broad SMARTS) is 1. The number of carbonyl (C=O) groups excluding carboxylic acids is 2. The van der Waals surface area contributed by atoms with Crippen molar-refractivity contribution in [1.82, 2.24) is 10.6 Å². The molecule has 7 nitrogen and oxygen atoms in total. The zero-order valence-electron chi connectivity index (χ0n) is 12.4. The van der Waals surface area contributed by atoms with Gasteiger partial charge in [0.1, 0.15) is 0 Å². The van der Waals surface area contributed by atoms with Gasteiger partial charge in [0.15, 0.2) is 0 Å². The topological polar surface area (TPSA) is 98.7 Å². The van der Waals surface area contributed by atoms with Gasteiger partial charge in [-0.1, -0.05) is 17.7 Å². The minimum Gasteiger partial charge on any atom is -0.465 e. The summed E-state index contributed by atoms with van der Waals surface area (Å²) in [6, 6.07) is 4.59. The van der Waals surface area contributed by atoms with Crippen LogP contribution in [-0.2, 0) is 4.79 Å². The first-order valence-corrected chi connectivity index (χ1v) is 8.42. The van der Waals surface area contributed by atoms with Crippen LogP contribution in [0.1, 0.15) is 12.0 Å². The Morgan fingerprint density at radius 1 is 1.42 bits per heavy atom. The number of nitrogens with one attached hydrogen (secondary N) is 2. The van der Waals surface area contributed by atoms with Gasteiger partial charge >= 0.3 is 6.09 Å². The summed E-state index contributed by atoms with van der Waals surface area (Å²) in [6.45, 7) is 1.28. The van der Waals surface area contributed by atoms with Gasteiger partial charge in [0.2, 0.25) is 0 Å². The maximum absolute atomic E-state index is 11.8. The summed E-state index contributed by atoms with van der Waals surface area (Å²) in [5.74, 6) is -0.490. The van der Waals surface area contributed by atoms with Crippen molar-refractivity contribution in [3.05, 3.63) is 33.7 Å². The fourth-order valence-corrected chi connectivity index (χ4v) is 3.56. The van der Waals surface area contributed by atoms with Crippen molar-refractivity contribution in [2.24, 2.45) is 0 Å². The average molecular weight is 368 g/mol. The third-order valence-corrected chi connectivity index (χ3v) is 4.83. The Morgan fingerprint density at radius 3 is 2.79 bits per heavy atom. The molecular weight excluding hydrogens is 354 g/mol. The summed E-state index contributed by atoms with van der Waals surface area (Å²) in [5.41, 5.74) is 0.907. The Labute approximate surface area is 147 Å². The lowest BCUT2D eigenvalue weighted by molar-refractivity contribution is -0.115. The molecule has 126 valence electrons. The molecule has 0 spiro atoms. The van der Waals surface area contributed by atoms with Crippen molar-refractivity contribution < 1.29 is 19.5 Å². The summed E-state index contributed by atoms with van der Waals surface area (Å²) >= 11 is 6.83. The van der Waals surface area contributed by atoms with Crippen LogP contribution in [0.4, 0.5) is 15.3 Å². The van der Waals surface area contributed by atoms with Crippen LogP contribution in [0.15, 0.2) is 23.1 Å². The van der Waals surface area contributed by atoms with Crippen LogP contribution < -0.4 is 15.5 Å². The van der Waals surface area contributed by atoms with E-state index < -0.39 is 17.2 Å². The van der Waals surface area contributed by atoms with Crippen molar-refractivity contribution in [1.29, 1.82) is 0 Å². The molecule has 1 atom stereocenters. The number of thioether (sulfide) groups is 1. The number of anilines is 1. The molecule has 3 amide bonds. The Balaban J connectivity index is 2.04. The molecule has 0 aromatic heterocycles. The van der Waals surface area contributed by atoms with Crippen LogP contribution in [-0.4, -0.2) is 41.5 Å². The molecule has 9 heteroatoms. The van der Waals surface area contributed by atoms with Gasteiger partial charge in [-0.05, 0) is 48.5 Å². The van der Waals surface area contributed by atoms with Gasteiger partial charge in [0.05, 0.1) is 16.6 Å². The van der Waals surface area contributed by atoms with Crippen molar-refractivity contribution in [3.8, 4) is 0 Å². The Bertz CT molecular complexity index is 746. The van der Waals surface area contributed by atoms with Crippen molar-refractivity contribution in [3.63, 3.8) is 0 Å². The molecule has 0 bridgehead atoms. The molecular formula is C15H14ClN3O4S. The minimum absolute atomic E-state index is 0.218. The first-order valence-electron chi connectivity index (χ1n) is 7.23. The van der Waals surface area contributed by atoms with Gasteiger partial charge in [-0.2, -0.15) is 0 Å². The van der Waals surface area contributed by atoms with Crippen LogP contribution in [0.3, 0.4) is 0 Å². The highest BCUT2D eigenvalue weighted by Gasteiger charge is 2.30. The highest BCUT2D eigenvalue weighted by Crippen LogP contribution is 2.33. The molecule has 1 aromatic rings. The largest absolute Gasteiger partial charge is 0.465 e. The molecule has 0 saturated carbocycles. The van der Waals surface area contributed by atoms with E-state index in [1.165, 1.54) is 11.0 Å². The number of benzene rings is 1. The van der Waals surface area contributed by atoms with E-state index in [1.807, 2.05) is 0 Å². The maximum atomic E-state index is 11.8. The second-order valence-electron chi connectivity index (χ2n) is 5.35. The fraction of sp³-hybridized carbons (Fsp3) is 0.267. The van der Waals surface area contributed by atoms with Gasteiger partial charge in [-0.3, -0.25) is 19.8 Å². The number of rotatable bonds is 3. The molecule has 2 saturated heterocycles. The number of carbonyl (C=O) groups is 3. The molecule has 0 aliphatic carbocycles. The number of hydrogen-bond acceptors (Lipinski definition) is 5. The Hall–Kier alpha value is -2.03. The highest BCUT2D eigenvalue weighted by molar-refractivity contribution is 8.18. The average Bonchev–Trinajstić information content (AvgIpc) is 3.12. The SMILES string of the molecule is O=C1NC(=O)/C(=C\c2ccc(Cl)cc2N(C(=O)O)C2CCNC2)S1. The molecule has 3 N–H and O–H groups in total. The summed E-state index contributed by atoms with van der Waals surface area (Å²) < 4.78 is 0. The molecule has 1 aromatic carbocycles. The lowest BCUT2D eigenvalue weighted by Crippen LogP contribution is -2.41. The van der Waals surface area contributed by atoms with E-state index in [9.17, 15) is 19.5 Å². The van der Waals surface area contributed by atoms with Crippen LogP contribution in [0, 0.1) is 0 Å². The molecule has 0 radical (unpaired) electrons. The summed E-state index contributed by atoms with van der Waals surface area (Å²) in [7, 11) is 0. The van der Waals surface area contributed by atoms with Gasteiger partial charge in [0, 0.05) is 11.6 Å². The van der Waals surface area contributed by atoms with Crippen molar-refractivity contribution in [2.45, 2.75) is 12.5 Å². The third kappa shape index (κ3) is 3.40. The Morgan fingerprint density at radius 2 is 2.21 bits per heavy atom. The first kappa shape index (κ1) is 16.8. The van der Waals surface area contributed by atoms with Crippen molar-refractivity contribution >= 4 is 52.4 Å².